The van der Waals surface area contributed by atoms with Crippen molar-refractivity contribution in [3.8, 4) is 0 Å². The maximum atomic E-state index is 4.19. The third-order valence-electron chi connectivity index (χ3n) is 2.87. The Morgan fingerprint density at radius 1 is 0.842 bits per heavy atom. The molecule has 0 saturated carbocycles. The molecule has 0 aliphatic carbocycles. The van der Waals surface area contributed by atoms with E-state index in [0.29, 0.717) is 0 Å². The van der Waals surface area contributed by atoms with Crippen molar-refractivity contribution in [2.24, 2.45) is 0 Å². The van der Waals surface area contributed by atoms with Crippen LogP contribution in [0.15, 0.2) is 61.2 Å². The highest BCUT2D eigenvalue weighted by molar-refractivity contribution is 6.79. The first kappa shape index (κ1) is 13.6. The van der Waals surface area contributed by atoms with Crippen LogP contribution in [0.3, 0.4) is 0 Å². The largest absolute Gasteiger partial charge is 0.411 e. The fraction of sp³-hybridized carbons (Fsp3) is 0.176. The molecule has 0 spiro atoms. The highest BCUT2D eigenvalue weighted by Gasteiger charge is 2.12. The summed E-state index contributed by atoms with van der Waals surface area (Å²) in [6.07, 6.45) is 0. The van der Waals surface area contributed by atoms with Crippen LogP contribution in [0.1, 0.15) is 11.1 Å². The van der Waals surface area contributed by atoms with Crippen LogP contribution >= 0.6 is 0 Å². The normalized spacial score (nSPS) is 11.1. The summed E-state index contributed by atoms with van der Waals surface area (Å²) >= 11 is 0. The van der Waals surface area contributed by atoms with E-state index in [2.05, 4.69) is 67.6 Å². The van der Waals surface area contributed by atoms with Crippen molar-refractivity contribution in [3.05, 3.63) is 72.3 Å². The molecule has 2 heteroatoms. The zero-order chi connectivity index (χ0) is 13.9. The van der Waals surface area contributed by atoms with Gasteiger partial charge in [0, 0.05) is 5.69 Å². The second-order valence-electron chi connectivity index (χ2n) is 5.80. The molecular weight excluding hydrogens is 246 g/mol. The first-order chi connectivity index (χ1) is 8.96. The Labute approximate surface area is 117 Å². The number of hydrogen-bond acceptors (Lipinski definition) is 1. The highest BCUT2D eigenvalue weighted by atomic mass is 28.3. The number of anilines is 1. The van der Waals surface area contributed by atoms with Crippen LogP contribution in [0.25, 0.3) is 5.57 Å². The maximum Gasteiger partial charge on any atom is 0.144 e. The van der Waals surface area contributed by atoms with Gasteiger partial charge in [0.1, 0.15) is 8.24 Å². The minimum absolute atomic E-state index is 1.07. The molecule has 2 aromatic carbocycles. The first-order valence-corrected chi connectivity index (χ1v) is 10.1. The van der Waals surface area contributed by atoms with Gasteiger partial charge in [-0.3, -0.25) is 0 Å². The zero-order valence-corrected chi connectivity index (χ0v) is 12.9. The lowest BCUT2D eigenvalue weighted by atomic mass is 10.00. The van der Waals surface area contributed by atoms with E-state index in [1.165, 1.54) is 16.8 Å². The molecule has 0 aromatic heterocycles. The van der Waals surface area contributed by atoms with E-state index in [9.17, 15) is 0 Å². The van der Waals surface area contributed by atoms with Gasteiger partial charge < -0.3 is 4.98 Å². The lowest BCUT2D eigenvalue weighted by Gasteiger charge is -2.20. The molecule has 0 amide bonds. The average molecular weight is 267 g/mol. The summed E-state index contributed by atoms with van der Waals surface area (Å²) in [6.45, 7) is 11.1. The van der Waals surface area contributed by atoms with Crippen LogP contribution in [0.5, 0.6) is 0 Å². The summed E-state index contributed by atoms with van der Waals surface area (Å²) < 4.78 is 0. The Morgan fingerprint density at radius 2 is 1.37 bits per heavy atom. The maximum absolute atomic E-state index is 4.19. The quantitative estimate of drug-likeness (QED) is 0.769. The predicted octanol–water partition coefficient (Wildman–Crippen LogP) is 4.99. The number of rotatable bonds is 4. The van der Waals surface area contributed by atoms with Gasteiger partial charge in [-0.05, 0) is 28.8 Å². The van der Waals surface area contributed by atoms with Gasteiger partial charge in [0.15, 0.2) is 0 Å². The van der Waals surface area contributed by atoms with Gasteiger partial charge in [-0.2, -0.15) is 0 Å². The molecule has 0 atom stereocenters. The van der Waals surface area contributed by atoms with E-state index in [0.717, 1.165) is 5.57 Å². The second-order valence-corrected chi connectivity index (χ2v) is 10.5. The van der Waals surface area contributed by atoms with E-state index >= 15 is 0 Å². The average Bonchev–Trinajstić information content (AvgIpc) is 2.38. The minimum Gasteiger partial charge on any atom is -0.411 e. The molecule has 0 bridgehead atoms. The van der Waals surface area contributed by atoms with Gasteiger partial charge in [0.25, 0.3) is 0 Å². The van der Waals surface area contributed by atoms with Gasteiger partial charge in [-0.1, -0.05) is 68.7 Å². The Hall–Kier alpha value is -1.80. The van der Waals surface area contributed by atoms with E-state index in [-0.39, 0.29) is 0 Å². The van der Waals surface area contributed by atoms with Gasteiger partial charge >= 0.3 is 0 Å². The van der Waals surface area contributed by atoms with E-state index in [1.54, 1.807) is 0 Å². The number of nitrogens with one attached hydrogen (secondary N) is 1. The molecule has 0 aliphatic rings. The summed E-state index contributed by atoms with van der Waals surface area (Å²) in [4.78, 5) is 3.60. The Balaban J connectivity index is 2.17. The van der Waals surface area contributed by atoms with Gasteiger partial charge in [0.2, 0.25) is 0 Å². The van der Waals surface area contributed by atoms with Crippen molar-refractivity contribution < 1.29 is 0 Å². The molecule has 1 nitrogen and oxygen atoms in total. The van der Waals surface area contributed by atoms with Crippen molar-refractivity contribution in [1.29, 1.82) is 0 Å². The van der Waals surface area contributed by atoms with E-state index in [1.807, 2.05) is 18.2 Å². The van der Waals surface area contributed by atoms with Crippen molar-refractivity contribution in [3.63, 3.8) is 0 Å². The summed E-state index contributed by atoms with van der Waals surface area (Å²) in [6, 6.07) is 18.9. The Bertz CT molecular complexity index is 550. The Morgan fingerprint density at radius 3 is 1.89 bits per heavy atom. The van der Waals surface area contributed by atoms with Crippen LogP contribution in [0, 0.1) is 0 Å². The molecule has 0 radical (unpaired) electrons. The topological polar surface area (TPSA) is 12.0 Å². The second kappa shape index (κ2) is 5.45. The molecule has 98 valence electrons. The van der Waals surface area contributed by atoms with Crippen LogP contribution in [0.4, 0.5) is 5.69 Å². The Kier molecular flexibility index (Phi) is 3.91. The third kappa shape index (κ3) is 3.83. The summed E-state index contributed by atoms with van der Waals surface area (Å²) in [5, 5.41) is 0. The van der Waals surface area contributed by atoms with Crippen molar-refractivity contribution in [1.82, 2.24) is 0 Å². The summed E-state index contributed by atoms with van der Waals surface area (Å²) in [5.74, 6) is 0. The molecule has 0 saturated heterocycles. The molecule has 0 fully saturated rings. The van der Waals surface area contributed by atoms with Crippen LogP contribution < -0.4 is 4.98 Å². The standard InChI is InChI=1S/C17H21NSi/c1-14(15-8-6-5-7-9-15)16-10-12-17(13-11-16)18-19(2,3)4/h5-13,18H,1H2,2-4H3. The van der Waals surface area contributed by atoms with Crippen molar-refractivity contribution >= 4 is 19.5 Å². The van der Waals surface area contributed by atoms with Gasteiger partial charge in [-0.15, -0.1) is 0 Å². The highest BCUT2D eigenvalue weighted by Crippen LogP contribution is 2.23. The van der Waals surface area contributed by atoms with Crippen molar-refractivity contribution in [2.45, 2.75) is 19.6 Å². The van der Waals surface area contributed by atoms with E-state index in [4.69, 9.17) is 0 Å². The molecule has 1 N–H and O–H groups in total. The van der Waals surface area contributed by atoms with Crippen LogP contribution in [-0.4, -0.2) is 8.24 Å². The van der Waals surface area contributed by atoms with Crippen LogP contribution in [0.2, 0.25) is 19.6 Å². The smallest absolute Gasteiger partial charge is 0.144 e. The fourth-order valence-electron chi connectivity index (χ4n) is 1.99. The lowest BCUT2D eigenvalue weighted by molar-refractivity contribution is 1.53. The van der Waals surface area contributed by atoms with Gasteiger partial charge in [-0.25, -0.2) is 0 Å². The molecule has 0 heterocycles. The SMILES string of the molecule is C=C(c1ccccc1)c1ccc(N[Si](C)(C)C)cc1. The molecule has 0 aliphatic heterocycles. The van der Waals surface area contributed by atoms with Gasteiger partial charge in [0.05, 0.1) is 0 Å². The predicted molar refractivity (Wildman–Crippen MR) is 88.0 cm³/mol. The lowest BCUT2D eigenvalue weighted by Crippen LogP contribution is -2.32. The first-order valence-electron chi connectivity index (χ1n) is 6.59. The number of benzene rings is 2. The molecule has 19 heavy (non-hydrogen) atoms. The third-order valence-corrected chi connectivity index (χ3v) is 3.91. The molecule has 2 aromatic rings. The molecule has 2 rings (SSSR count). The fourth-order valence-corrected chi connectivity index (χ4v) is 3.03. The number of hydrogen-bond donors (Lipinski definition) is 1. The monoisotopic (exact) mass is 267 g/mol. The van der Waals surface area contributed by atoms with Crippen LogP contribution in [-0.2, 0) is 0 Å². The minimum atomic E-state index is -1.28. The van der Waals surface area contributed by atoms with E-state index < -0.39 is 8.24 Å². The summed E-state index contributed by atoms with van der Waals surface area (Å²) in [7, 11) is -1.28. The van der Waals surface area contributed by atoms with Crippen molar-refractivity contribution in [2.75, 3.05) is 4.98 Å². The summed E-state index contributed by atoms with van der Waals surface area (Å²) in [5.41, 5.74) is 4.62. The zero-order valence-electron chi connectivity index (χ0n) is 11.9. The molecular formula is C17H21NSi. The molecule has 0 unspecified atom stereocenters.